The Bertz CT molecular complexity index is 549. The second kappa shape index (κ2) is 8.56. The number of hydrogen-bond donors (Lipinski definition) is 0. The lowest BCUT2D eigenvalue weighted by molar-refractivity contribution is 0.239. The molecule has 3 unspecified atom stereocenters. The smallest absolute Gasteiger partial charge is 0.0133 e. The highest BCUT2D eigenvalue weighted by Crippen LogP contribution is 2.59. The van der Waals surface area contributed by atoms with Crippen molar-refractivity contribution < 1.29 is 0 Å². The molecule has 0 saturated heterocycles. The summed E-state index contributed by atoms with van der Waals surface area (Å²) in [7, 11) is -0.0379. The van der Waals surface area contributed by atoms with Gasteiger partial charge in [-0.1, -0.05) is 79.1 Å². The summed E-state index contributed by atoms with van der Waals surface area (Å²) in [4.78, 5) is 0. The molecule has 0 nitrogen and oxygen atoms in total. The van der Waals surface area contributed by atoms with Gasteiger partial charge in [-0.3, -0.25) is 0 Å². The summed E-state index contributed by atoms with van der Waals surface area (Å²) in [6.45, 7) is 12.4. The first-order chi connectivity index (χ1) is 12.0. The van der Waals surface area contributed by atoms with Crippen LogP contribution in [0.1, 0.15) is 78.2 Å². The molecular weight excluding hydrogens is 319 g/mol. The molecule has 25 heavy (non-hydrogen) atoms. The average molecular weight is 359 g/mol. The van der Waals surface area contributed by atoms with Crippen LogP contribution >= 0.6 is 7.92 Å². The lowest BCUT2D eigenvalue weighted by atomic mass is 9.77. The molecule has 0 bridgehead atoms. The fraction of sp³-hybridized carbons (Fsp3) is 0.750. The van der Waals surface area contributed by atoms with Crippen LogP contribution in [-0.4, -0.2) is 11.3 Å². The van der Waals surface area contributed by atoms with Gasteiger partial charge in [-0.05, 0) is 78.5 Å². The summed E-state index contributed by atoms with van der Waals surface area (Å²) in [6.07, 6.45) is 10.3. The molecule has 2 aliphatic carbocycles. The molecule has 6 atom stereocenters. The van der Waals surface area contributed by atoms with E-state index in [2.05, 4.69) is 58.9 Å². The van der Waals surface area contributed by atoms with Gasteiger partial charge in [-0.2, -0.15) is 0 Å². The van der Waals surface area contributed by atoms with Crippen LogP contribution < -0.4 is 5.30 Å². The standard InChI is InChI=1S/C24H39P/c1-17(2)22-14-13-19(4)16-24(22)25(21-11-8-9-18(3)15-21)23-12-7-6-10-20(23)5/h6-7,10,12,17-19,21-22,24H,8-9,11,13-16H2,1-5H3/t18-,19-,21?,22+,24?,25?/m1/s1. The third kappa shape index (κ3) is 4.50. The maximum Gasteiger partial charge on any atom is -0.0133 e. The molecule has 0 amide bonds. The van der Waals surface area contributed by atoms with E-state index in [0.29, 0.717) is 0 Å². The summed E-state index contributed by atoms with van der Waals surface area (Å²) in [6, 6.07) is 9.41. The second-order valence-corrected chi connectivity index (χ2v) is 12.2. The largest absolute Gasteiger partial charge is 0.0684 e. The van der Waals surface area contributed by atoms with Crippen LogP contribution in [0.2, 0.25) is 0 Å². The van der Waals surface area contributed by atoms with Crippen molar-refractivity contribution in [1.82, 2.24) is 0 Å². The maximum atomic E-state index is 2.51. The second-order valence-electron chi connectivity index (χ2n) is 9.51. The molecule has 0 heterocycles. The highest BCUT2D eigenvalue weighted by atomic mass is 31.1. The molecule has 2 fully saturated rings. The normalized spacial score (nSPS) is 34.9. The predicted molar refractivity (Wildman–Crippen MR) is 114 cm³/mol. The number of hydrogen-bond acceptors (Lipinski definition) is 0. The first-order valence-corrected chi connectivity index (χ1v) is 12.3. The lowest BCUT2D eigenvalue weighted by Gasteiger charge is -2.47. The van der Waals surface area contributed by atoms with E-state index in [0.717, 1.165) is 35.0 Å². The van der Waals surface area contributed by atoms with Crippen molar-refractivity contribution in [3.8, 4) is 0 Å². The van der Waals surface area contributed by atoms with Gasteiger partial charge in [0, 0.05) is 0 Å². The van der Waals surface area contributed by atoms with Gasteiger partial charge in [0.2, 0.25) is 0 Å². The molecule has 0 aliphatic heterocycles. The van der Waals surface area contributed by atoms with Gasteiger partial charge in [0.15, 0.2) is 0 Å². The Morgan fingerprint density at radius 1 is 0.920 bits per heavy atom. The van der Waals surface area contributed by atoms with Gasteiger partial charge >= 0.3 is 0 Å². The van der Waals surface area contributed by atoms with Gasteiger partial charge in [0.25, 0.3) is 0 Å². The van der Waals surface area contributed by atoms with Crippen molar-refractivity contribution in [3.63, 3.8) is 0 Å². The lowest BCUT2D eigenvalue weighted by Crippen LogP contribution is -2.37. The Hall–Kier alpha value is -0.350. The minimum Gasteiger partial charge on any atom is -0.0684 e. The maximum absolute atomic E-state index is 2.51. The topological polar surface area (TPSA) is 0 Å². The molecule has 0 radical (unpaired) electrons. The fourth-order valence-electron chi connectivity index (χ4n) is 5.63. The zero-order valence-corrected chi connectivity index (χ0v) is 18.1. The molecule has 1 aromatic rings. The van der Waals surface area contributed by atoms with Gasteiger partial charge in [0.05, 0.1) is 0 Å². The Morgan fingerprint density at radius 3 is 2.32 bits per heavy atom. The van der Waals surface area contributed by atoms with Crippen molar-refractivity contribution >= 4 is 13.2 Å². The molecule has 140 valence electrons. The predicted octanol–water partition coefficient (Wildman–Crippen LogP) is 7.14. The molecule has 3 rings (SSSR count). The van der Waals surface area contributed by atoms with E-state index in [1.807, 2.05) is 0 Å². The average Bonchev–Trinajstić information content (AvgIpc) is 2.57. The molecule has 1 aromatic carbocycles. The highest BCUT2D eigenvalue weighted by molar-refractivity contribution is 7.67. The summed E-state index contributed by atoms with van der Waals surface area (Å²) in [5.41, 5.74) is 3.49. The molecular formula is C24H39P. The third-order valence-corrected chi connectivity index (χ3v) is 10.7. The number of aryl methyl sites for hydroxylation is 1. The first kappa shape index (κ1) is 19.4. The first-order valence-electron chi connectivity index (χ1n) is 10.8. The molecule has 0 N–H and O–H groups in total. The van der Waals surface area contributed by atoms with Crippen molar-refractivity contribution in [1.29, 1.82) is 0 Å². The van der Waals surface area contributed by atoms with E-state index in [9.17, 15) is 0 Å². The van der Waals surface area contributed by atoms with Crippen LogP contribution in [0.25, 0.3) is 0 Å². The monoisotopic (exact) mass is 358 g/mol. The number of benzene rings is 1. The summed E-state index contributed by atoms with van der Waals surface area (Å²) in [5.74, 6) is 3.65. The minimum absolute atomic E-state index is 0.0379. The van der Waals surface area contributed by atoms with E-state index in [1.165, 1.54) is 44.9 Å². The number of rotatable bonds is 4. The van der Waals surface area contributed by atoms with Crippen LogP contribution in [-0.2, 0) is 0 Å². The Labute approximate surface area is 157 Å². The van der Waals surface area contributed by atoms with Crippen LogP contribution in [0.3, 0.4) is 0 Å². The molecule has 1 heteroatoms. The minimum atomic E-state index is -0.0379. The molecule has 0 spiro atoms. The van der Waals surface area contributed by atoms with Gasteiger partial charge in [-0.25, -0.2) is 0 Å². The fourth-order valence-corrected chi connectivity index (χ4v) is 10.2. The van der Waals surface area contributed by atoms with E-state index in [-0.39, 0.29) is 7.92 Å². The van der Waals surface area contributed by atoms with E-state index < -0.39 is 0 Å². The zero-order valence-electron chi connectivity index (χ0n) is 17.2. The quantitative estimate of drug-likeness (QED) is 0.502. The SMILES string of the molecule is Cc1ccccc1P(C1CCC[C@@H](C)C1)C1C[C@H](C)CC[C@H]1C(C)C. The van der Waals surface area contributed by atoms with Crippen molar-refractivity contribution in [3.05, 3.63) is 29.8 Å². The Morgan fingerprint density at radius 2 is 1.64 bits per heavy atom. The van der Waals surface area contributed by atoms with Gasteiger partial charge < -0.3 is 0 Å². The summed E-state index contributed by atoms with van der Waals surface area (Å²) >= 11 is 0. The summed E-state index contributed by atoms with van der Waals surface area (Å²) in [5, 5.41) is 1.75. The highest BCUT2D eigenvalue weighted by Gasteiger charge is 2.41. The van der Waals surface area contributed by atoms with Crippen LogP contribution in [0.4, 0.5) is 0 Å². The van der Waals surface area contributed by atoms with Gasteiger partial charge in [0.1, 0.15) is 0 Å². The Balaban J connectivity index is 1.98. The van der Waals surface area contributed by atoms with Crippen LogP contribution in [0.15, 0.2) is 24.3 Å². The molecule has 0 aromatic heterocycles. The van der Waals surface area contributed by atoms with Crippen LogP contribution in [0, 0.1) is 30.6 Å². The van der Waals surface area contributed by atoms with Crippen molar-refractivity contribution in [2.75, 3.05) is 0 Å². The van der Waals surface area contributed by atoms with Crippen LogP contribution in [0.5, 0.6) is 0 Å². The zero-order chi connectivity index (χ0) is 18.0. The summed E-state index contributed by atoms with van der Waals surface area (Å²) < 4.78 is 0. The van der Waals surface area contributed by atoms with E-state index in [1.54, 1.807) is 10.9 Å². The van der Waals surface area contributed by atoms with E-state index in [4.69, 9.17) is 0 Å². The van der Waals surface area contributed by atoms with Crippen molar-refractivity contribution in [2.24, 2.45) is 23.7 Å². The van der Waals surface area contributed by atoms with E-state index >= 15 is 0 Å². The Kier molecular flexibility index (Phi) is 6.65. The van der Waals surface area contributed by atoms with Crippen molar-refractivity contribution in [2.45, 2.75) is 90.9 Å². The van der Waals surface area contributed by atoms with Gasteiger partial charge in [-0.15, -0.1) is 0 Å². The molecule has 2 saturated carbocycles. The third-order valence-electron chi connectivity index (χ3n) is 7.04. The molecule has 2 aliphatic rings.